The van der Waals surface area contributed by atoms with Crippen molar-refractivity contribution in [1.29, 1.82) is 0 Å². The van der Waals surface area contributed by atoms with Crippen LogP contribution in [-0.4, -0.2) is 48.6 Å². The van der Waals surface area contributed by atoms with Crippen molar-refractivity contribution in [2.24, 2.45) is 11.8 Å². The molecule has 3 aromatic rings. The van der Waals surface area contributed by atoms with E-state index in [0.717, 1.165) is 43.0 Å². The lowest BCUT2D eigenvalue weighted by atomic mass is 9.89. The molecule has 5 rings (SSSR count). The third-order valence-corrected chi connectivity index (χ3v) is 6.54. The Morgan fingerprint density at radius 2 is 1.86 bits per heavy atom. The van der Waals surface area contributed by atoms with Crippen LogP contribution in [0.15, 0.2) is 54.6 Å². The van der Waals surface area contributed by atoms with E-state index in [0.29, 0.717) is 23.4 Å². The minimum Gasteiger partial charge on any atom is -0.497 e. The summed E-state index contributed by atoms with van der Waals surface area (Å²) in [6.07, 6.45) is 0. The highest BCUT2D eigenvalue weighted by Gasteiger charge is 2.45. The number of halogens is 1. The van der Waals surface area contributed by atoms with Crippen LogP contribution in [0.1, 0.15) is 17.3 Å². The molecular formula is C24H26FN3O. The van der Waals surface area contributed by atoms with E-state index >= 15 is 0 Å². The van der Waals surface area contributed by atoms with Crippen LogP contribution in [0, 0.1) is 17.7 Å². The van der Waals surface area contributed by atoms with Gasteiger partial charge in [0.2, 0.25) is 0 Å². The summed E-state index contributed by atoms with van der Waals surface area (Å²) in [7, 11) is 3.93. The molecule has 0 spiro atoms. The molecule has 5 heteroatoms. The van der Waals surface area contributed by atoms with E-state index in [4.69, 9.17) is 4.74 Å². The highest BCUT2D eigenvalue weighted by molar-refractivity contribution is 5.79. The highest BCUT2D eigenvalue weighted by Crippen LogP contribution is 2.44. The van der Waals surface area contributed by atoms with Gasteiger partial charge in [0, 0.05) is 37.6 Å². The number of likely N-dealkylation sites (tertiary alicyclic amines) is 2. The molecule has 1 aromatic heterocycles. The zero-order valence-electron chi connectivity index (χ0n) is 16.9. The lowest BCUT2D eigenvalue weighted by molar-refractivity contribution is 0.223. The average Bonchev–Trinajstić information content (AvgIpc) is 3.24. The first-order chi connectivity index (χ1) is 14.1. The maximum atomic E-state index is 14.1. The molecule has 2 aliphatic heterocycles. The minimum atomic E-state index is -0.246. The third-order valence-electron chi connectivity index (χ3n) is 6.54. The zero-order chi connectivity index (χ0) is 20.0. The van der Waals surface area contributed by atoms with Crippen LogP contribution in [0.3, 0.4) is 0 Å². The number of hydrogen-bond acceptors (Lipinski definition) is 4. The molecule has 0 aliphatic carbocycles. The van der Waals surface area contributed by atoms with Gasteiger partial charge in [-0.3, -0.25) is 9.80 Å². The summed E-state index contributed by atoms with van der Waals surface area (Å²) in [5.41, 5.74) is 2.77. The molecule has 3 atom stereocenters. The van der Waals surface area contributed by atoms with Crippen LogP contribution in [-0.2, 0) is 6.54 Å². The Hall–Kier alpha value is -2.50. The van der Waals surface area contributed by atoms with Crippen LogP contribution < -0.4 is 4.74 Å². The minimum absolute atomic E-state index is 0.246. The van der Waals surface area contributed by atoms with E-state index < -0.39 is 0 Å². The summed E-state index contributed by atoms with van der Waals surface area (Å²) in [4.78, 5) is 9.57. The van der Waals surface area contributed by atoms with Crippen LogP contribution in [0.5, 0.6) is 5.75 Å². The summed E-state index contributed by atoms with van der Waals surface area (Å²) in [5, 5.41) is 0.855. The first-order valence-electron chi connectivity index (χ1n) is 10.2. The van der Waals surface area contributed by atoms with Crippen molar-refractivity contribution in [3.05, 3.63) is 71.7 Å². The van der Waals surface area contributed by atoms with Crippen molar-refractivity contribution in [3.8, 4) is 5.75 Å². The van der Waals surface area contributed by atoms with Gasteiger partial charge in [-0.15, -0.1) is 0 Å². The number of hydrogen-bond donors (Lipinski definition) is 0. The van der Waals surface area contributed by atoms with Crippen molar-refractivity contribution >= 4 is 10.9 Å². The highest BCUT2D eigenvalue weighted by atomic mass is 19.1. The average molecular weight is 391 g/mol. The first kappa shape index (κ1) is 18.5. The van der Waals surface area contributed by atoms with Gasteiger partial charge in [-0.2, -0.15) is 0 Å². The Bertz CT molecular complexity index is 1020. The molecule has 0 saturated carbocycles. The van der Waals surface area contributed by atoms with Crippen LogP contribution >= 0.6 is 0 Å². The molecule has 2 aliphatic rings. The summed E-state index contributed by atoms with van der Waals surface area (Å²) in [5.74, 6) is 1.91. The van der Waals surface area contributed by atoms with Gasteiger partial charge < -0.3 is 4.74 Å². The first-order valence-corrected chi connectivity index (χ1v) is 10.2. The fraction of sp³-hybridized carbons (Fsp3) is 0.375. The van der Waals surface area contributed by atoms with Crippen molar-refractivity contribution in [2.75, 3.05) is 33.8 Å². The Morgan fingerprint density at radius 1 is 1.03 bits per heavy atom. The van der Waals surface area contributed by atoms with Gasteiger partial charge in [-0.1, -0.05) is 30.3 Å². The van der Waals surface area contributed by atoms with Gasteiger partial charge in [0.25, 0.3) is 0 Å². The number of methoxy groups -OCH3 is 1. The normalized spacial score (nSPS) is 24.9. The van der Waals surface area contributed by atoms with E-state index in [2.05, 4.69) is 46.1 Å². The van der Waals surface area contributed by atoms with E-state index in [1.165, 1.54) is 11.6 Å². The van der Waals surface area contributed by atoms with Gasteiger partial charge in [0.15, 0.2) is 0 Å². The molecule has 2 saturated heterocycles. The number of benzene rings is 2. The quantitative estimate of drug-likeness (QED) is 0.669. The molecule has 0 radical (unpaired) electrons. The van der Waals surface area contributed by atoms with Gasteiger partial charge in [0.05, 0.1) is 12.8 Å². The summed E-state index contributed by atoms with van der Waals surface area (Å²) in [6.45, 7) is 4.00. The number of para-hydroxylation sites is 1. The van der Waals surface area contributed by atoms with Gasteiger partial charge >= 0.3 is 0 Å². The number of rotatable bonds is 4. The Labute approximate surface area is 170 Å². The van der Waals surface area contributed by atoms with E-state index in [1.807, 2.05) is 18.2 Å². The second-order valence-corrected chi connectivity index (χ2v) is 8.39. The Morgan fingerprint density at radius 3 is 2.66 bits per heavy atom. The van der Waals surface area contributed by atoms with Gasteiger partial charge in [-0.05, 0) is 48.7 Å². The van der Waals surface area contributed by atoms with Crippen molar-refractivity contribution in [2.45, 2.75) is 12.6 Å². The number of pyridine rings is 1. The van der Waals surface area contributed by atoms with E-state index in [-0.39, 0.29) is 5.82 Å². The second-order valence-electron chi connectivity index (χ2n) is 8.39. The van der Waals surface area contributed by atoms with Crippen molar-refractivity contribution in [1.82, 2.24) is 14.8 Å². The van der Waals surface area contributed by atoms with Crippen molar-refractivity contribution < 1.29 is 9.13 Å². The molecule has 0 unspecified atom stereocenters. The van der Waals surface area contributed by atoms with Crippen LogP contribution in [0.25, 0.3) is 10.9 Å². The molecule has 0 amide bonds. The van der Waals surface area contributed by atoms with Crippen molar-refractivity contribution in [3.63, 3.8) is 0 Å². The number of aromatic nitrogens is 1. The lowest BCUT2D eigenvalue weighted by Gasteiger charge is -2.27. The topological polar surface area (TPSA) is 28.6 Å². The molecule has 2 aromatic carbocycles. The summed E-state index contributed by atoms with van der Waals surface area (Å²) < 4.78 is 19.4. The Kier molecular flexibility index (Phi) is 4.72. The third kappa shape index (κ3) is 3.38. The predicted molar refractivity (Wildman–Crippen MR) is 112 cm³/mol. The molecule has 0 N–H and O–H groups in total. The predicted octanol–water partition coefficient (Wildman–Crippen LogP) is 4.12. The van der Waals surface area contributed by atoms with Crippen LogP contribution in [0.2, 0.25) is 0 Å². The SMILES string of the molecule is COc1ccc([C@@H]2[C@@H]3CN(Cc4ccc5cccc(F)c5n4)C[C@@H]3CN2C)cc1. The van der Waals surface area contributed by atoms with E-state index in [9.17, 15) is 4.39 Å². The van der Waals surface area contributed by atoms with E-state index in [1.54, 1.807) is 13.2 Å². The summed E-state index contributed by atoms with van der Waals surface area (Å²) >= 11 is 0. The summed E-state index contributed by atoms with van der Waals surface area (Å²) in [6, 6.07) is 18.0. The number of ether oxygens (including phenoxy) is 1. The fourth-order valence-electron chi connectivity index (χ4n) is 5.25. The molecule has 150 valence electrons. The molecular weight excluding hydrogens is 365 g/mol. The van der Waals surface area contributed by atoms with Gasteiger partial charge in [-0.25, -0.2) is 9.37 Å². The zero-order valence-corrected chi connectivity index (χ0v) is 16.9. The smallest absolute Gasteiger partial charge is 0.149 e. The lowest BCUT2D eigenvalue weighted by Crippen LogP contribution is -2.29. The maximum absolute atomic E-state index is 14.1. The maximum Gasteiger partial charge on any atom is 0.149 e. The molecule has 2 fully saturated rings. The van der Waals surface area contributed by atoms with Gasteiger partial charge in [0.1, 0.15) is 17.1 Å². The fourth-order valence-corrected chi connectivity index (χ4v) is 5.25. The number of nitrogens with zero attached hydrogens (tertiary/aromatic N) is 3. The number of fused-ring (bicyclic) bond motifs is 2. The monoisotopic (exact) mass is 391 g/mol. The largest absolute Gasteiger partial charge is 0.497 e. The molecule has 0 bridgehead atoms. The molecule has 4 nitrogen and oxygen atoms in total. The Balaban J connectivity index is 1.33. The molecule has 29 heavy (non-hydrogen) atoms. The standard InChI is InChI=1S/C24H26FN3O/c1-27-12-18-13-28(14-19-9-6-16-4-3-5-22(25)23(16)26-19)15-21(18)24(27)17-7-10-20(29-2)11-8-17/h3-11,18,21,24H,12-15H2,1-2H3/t18-,21+,24+/m0/s1. The second kappa shape index (κ2) is 7.39. The molecule has 3 heterocycles. The van der Waals surface area contributed by atoms with Crippen LogP contribution in [0.4, 0.5) is 4.39 Å².